The lowest BCUT2D eigenvalue weighted by Crippen LogP contribution is -2.27. The fourth-order valence-corrected chi connectivity index (χ4v) is 3.83. The quantitative estimate of drug-likeness (QED) is 0.621. The minimum atomic E-state index is -4.67. The van der Waals surface area contributed by atoms with Crippen LogP contribution in [0.15, 0.2) is 64.3 Å². The van der Waals surface area contributed by atoms with Gasteiger partial charge in [0.1, 0.15) is 0 Å². The highest BCUT2D eigenvalue weighted by Crippen LogP contribution is 2.33. The van der Waals surface area contributed by atoms with Crippen molar-refractivity contribution in [2.75, 3.05) is 11.1 Å². The fourth-order valence-electron chi connectivity index (χ4n) is 2.95. The molecule has 1 amide bonds. The number of alkyl halides is 3. The van der Waals surface area contributed by atoms with Gasteiger partial charge >= 0.3 is 6.18 Å². The Kier molecular flexibility index (Phi) is 6.22. The summed E-state index contributed by atoms with van der Waals surface area (Å²) in [6.45, 7) is 2.90. The summed E-state index contributed by atoms with van der Waals surface area (Å²) in [7, 11) is -3.43. The summed E-state index contributed by atoms with van der Waals surface area (Å²) in [6, 6.07) is 11.0. The van der Waals surface area contributed by atoms with E-state index in [0.29, 0.717) is 0 Å². The molecule has 11 heteroatoms. The average Bonchev–Trinajstić information content (AvgIpc) is 2.73. The predicted octanol–water partition coefficient (Wildman–Crippen LogP) is 3.61. The molecule has 0 atom stereocenters. The van der Waals surface area contributed by atoms with E-state index in [1.54, 1.807) is 0 Å². The lowest BCUT2D eigenvalue weighted by molar-refractivity contribution is -0.137. The van der Waals surface area contributed by atoms with Crippen molar-refractivity contribution in [3.8, 4) is 5.69 Å². The zero-order chi connectivity index (χ0) is 23.7. The topological polar surface area (TPSA) is 98.1 Å². The van der Waals surface area contributed by atoms with E-state index in [-0.39, 0.29) is 27.7 Å². The molecule has 0 spiro atoms. The van der Waals surface area contributed by atoms with Gasteiger partial charge in [0.05, 0.1) is 21.9 Å². The molecule has 0 unspecified atom stereocenters. The van der Waals surface area contributed by atoms with Crippen LogP contribution in [0.5, 0.6) is 0 Å². The maximum absolute atomic E-state index is 13.4. The van der Waals surface area contributed by atoms with Crippen molar-refractivity contribution in [3.05, 3.63) is 81.8 Å². The third kappa shape index (κ3) is 4.72. The summed E-state index contributed by atoms with van der Waals surface area (Å²) in [4.78, 5) is 25.0. The Hall–Kier alpha value is -3.47. The molecule has 1 aromatic heterocycles. The first-order valence-corrected chi connectivity index (χ1v) is 11.0. The molecular formula is C21H18F3N3O4S. The van der Waals surface area contributed by atoms with E-state index in [1.165, 1.54) is 56.3 Å². The highest BCUT2D eigenvalue weighted by molar-refractivity contribution is 7.91. The highest BCUT2D eigenvalue weighted by atomic mass is 32.2. The minimum Gasteiger partial charge on any atom is -0.320 e. The van der Waals surface area contributed by atoms with Crippen LogP contribution in [0.25, 0.3) is 5.69 Å². The molecule has 0 saturated heterocycles. The molecule has 0 radical (unpaired) electrons. The molecule has 0 aliphatic heterocycles. The fraction of sp³-hybridized carbons (Fsp3) is 0.190. The van der Waals surface area contributed by atoms with Gasteiger partial charge in [0.25, 0.3) is 5.91 Å². The van der Waals surface area contributed by atoms with Crippen LogP contribution in [0.3, 0.4) is 0 Å². The molecule has 1 heterocycles. The molecule has 2 aromatic carbocycles. The summed E-state index contributed by atoms with van der Waals surface area (Å²) in [5.74, 6) is -1.04. The first-order valence-electron chi connectivity index (χ1n) is 9.36. The largest absolute Gasteiger partial charge is 0.418 e. The zero-order valence-corrected chi connectivity index (χ0v) is 17.8. The number of aromatic nitrogens is 2. The molecule has 0 bridgehead atoms. The van der Waals surface area contributed by atoms with Crippen molar-refractivity contribution in [2.45, 2.75) is 24.9 Å². The van der Waals surface area contributed by atoms with Crippen molar-refractivity contribution in [1.82, 2.24) is 9.78 Å². The monoisotopic (exact) mass is 465 g/mol. The van der Waals surface area contributed by atoms with Crippen LogP contribution < -0.4 is 10.7 Å². The molecule has 7 nitrogen and oxygen atoms in total. The molecule has 0 fully saturated rings. The number of amides is 1. The first-order chi connectivity index (χ1) is 14.9. The average molecular weight is 465 g/mol. The minimum absolute atomic E-state index is 0.0672. The summed E-state index contributed by atoms with van der Waals surface area (Å²) in [5, 5.41) is 6.29. The smallest absolute Gasteiger partial charge is 0.320 e. The zero-order valence-electron chi connectivity index (χ0n) is 17.0. The lowest BCUT2D eigenvalue weighted by Gasteiger charge is -2.16. The van der Waals surface area contributed by atoms with Crippen LogP contribution in [0.2, 0.25) is 0 Å². The number of hydrogen-bond donors (Lipinski definition) is 1. The number of halogens is 3. The van der Waals surface area contributed by atoms with Crippen LogP contribution in [0.1, 0.15) is 28.7 Å². The Bertz CT molecular complexity index is 1330. The van der Waals surface area contributed by atoms with Crippen LogP contribution >= 0.6 is 0 Å². The van der Waals surface area contributed by atoms with Gasteiger partial charge in [-0.25, -0.2) is 13.1 Å². The van der Waals surface area contributed by atoms with Gasteiger partial charge < -0.3 is 5.32 Å². The SMILES string of the molecule is CCS(=O)(=O)c1ccc(NC(=O)c2nn(-c3ccccc3C(F)(F)F)c(C)cc2=O)cc1. The van der Waals surface area contributed by atoms with Crippen LogP contribution in [-0.4, -0.2) is 29.9 Å². The number of carbonyl (C=O) groups excluding carboxylic acids is 1. The summed E-state index contributed by atoms with van der Waals surface area (Å²) in [5.41, 5.74) is -2.39. The number of aryl methyl sites for hydroxylation is 1. The first kappa shape index (κ1) is 23.2. The molecule has 0 saturated carbocycles. The van der Waals surface area contributed by atoms with E-state index in [0.717, 1.165) is 16.8 Å². The number of para-hydroxylation sites is 1. The van der Waals surface area contributed by atoms with Gasteiger partial charge in [-0.05, 0) is 43.3 Å². The second-order valence-electron chi connectivity index (χ2n) is 6.81. The maximum atomic E-state index is 13.4. The van der Waals surface area contributed by atoms with Gasteiger partial charge in [-0.15, -0.1) is 0 Å². The van der Waals surface area contributed by atoms with E-state index >= 15 is 0 Å². The lowest BCUT2D eigenvalue weighted by atomic mass is 10.1. The van der Waals surface area contributed by atoms with Gasteiger partial charge in [-0.3, -0.25) is 9.59 Å². The second-order valence-corrected chi connectivity index (χ2v) is 9.09. The molecule has 3 aromatic rings. The van der Waals surface area contributed by atoms with E-state index in [1.807, 2.05) is 0 Å². The van der Waals surface area contributed by atoms with Crippen molar-refractivity contribution in [3.63, 3.8) is 0 Å². The maximum Gasteiger partial charge on any atom is 0.418 e. The van der Waals surface area contributed by atoms with E-state index in [9.17, 15) is 31.2 Å². The van der Waals surface area contributed by atoms with E-state index in [4.69, 9.17) is 0 Å². The second kappa shape index (κ2) is 8.58. The summed E-state index contributed by atoms with van der Waals surface area (Å²) in [6.07, 6.45) is -4.67. The number of anilines is 1. The molecule has 1 N–H and O–H groups in total. The van der Waals surface area contributed by atoms with Gasteiger partial charge in [0.15, 0.2) is 15.5 Å². The Labute approximate surface area is 181 Å². The van der Waals surface area contributed by atoms with E-state index in [2.05, 4.69) is 10.4 Å². The molecule has 168 valence electrons. The normalized spacial score (nSPS) is 11.9. The third-order valence-corrected chi connectivity index (χ3v) is 6.36. The number of benzene rings is 2. The molecule has 0 aliphatic carbocycles. The van der Waals surface area contributed by atoms with Crippen LogP contribution in [0.4, 0.5) is 18.9 Å². The molecular weight excluding hydrogens is 447 g/mol. The Balaban J connectivity index is 1.99. The van der Waals surface area contributed by atoms with Crippen molar-refractivity contribution >= 4 is 21.4 Å². The van der Waals surface area contributed by atoms with Crippen molar-refractivity contribution < 1.29 is 26.4 Å². The van der Waals surface area contributed by atoms with Crippen molar-refractivity contribution in [1.29, 1.82) is 0 Å². The highest BCUT2D eigenvalue weighted by Gasteiger charge is 2.34. The number of nitrogens with zero attached hydrogens (tertiary/aromatic N) is 2. The van der Waals surface area contributed by atoms with Gasteiger partial charge in [-0.2, -0.15) is 18.3 Å². The molecule has 0 aliphatic rings. The van der Waals surface area contributed by atoms with Gasteiger partial charge in [0, 0.05) is 17.4 Å². The van der Waals surface area contributed by atoms with Crippen molar-refractivity contribution in [2.24, 2.45) is 0 Å². The molecule has 32 heavy (non-hydrogen) atoms. The Morgan fingerprint density at radius 1 is 1.09 bits per heavy atom. The number of carbonyl (C=O) groups is 1. The number of nitrogens with one attached hydrogen (secondary N) is 1. The van der Waals surface area contributed by atoms with Gasteiger partial charge in [-0.1, -0.05) is 19.1 Å². The summed E-state index contributed by atoms with van der Waals surface area (Å²) < 4.78 is 64.9. The number of rotatable bonds is 5. The van der Waals surface area contributed by atoms with Crippen LogP contribution in [0, 0.1) is 6.92 Å². The van der Waals surface area contributed by atoms with Gasteiger partial charge in [0.2, 0.25) is 5.43 Å². The number of hydrogen-bond acceptors (Lipinski definition) is 5. The Morgan fingerprint density at radius 3 is 2.31 bits per heavy atom. The Morgan fingerprint density at radius 2 is 1.72 bits per heavy atom. The number of sulfone groups is 1. The van der Waals surface area contributed by atoms with Crippen LogP contribution in [-0.2, 0) is 16.0 Å². The summed E-state index contributed by atoms with van der Waals surface area (Å²) >= 11 is 0. The third-order valence-electron chi connectivity index (χ3n) is 4.61. The molecule has 3 rings (SSSR count). The van der Waals surface area contributed by atoms with E-state index < -0.39 is 38.6 Å². The predicted molar refractivity (Wildman–Crippen MR) is 112 cm³/mol. The standard InChI is InChI=1S/C21H18F3N3O4S/c1-3-32(30,31)15-10-8-14(9-11-15)25-20(29)19-18(28)12-13(2)27(26-19)17-7-5-4-6-16(17)21(22,23)24/h4-12H,3H2,1-2H3,(H,25,29).